The number of carbonyl (C=O) groups excluding carboxylic acids is 1. The summed E-state index contributed by atoms with van der Waals surface area (Å²) in [7, 11) is 1.39. The summed E-state index contributed by atoms with van der Waals surface area (Å²) in [5.41, 5.74) is -0.0850. The summed E-state index contributed by atoms with van der Waals surface area (Å²) in [6, 6.07) is 0. The number of aliphatic hydroxyl groups excluding tert-OH is 8. The first-order valence-corrected chi connectivity index (χ1v) is 21.8. The second-order valence-corrected chi connectivity index (χ2v) is 19.4. The van der Waals surface area contributed by atoms with Crippen LogP contribution in [0.1, 0.15) is 78.6 Å². The van der Waals surface area contributed by atoms with Crippen molar-refractivity contribution in [1.29, 1.82) is 0 Å². The molecule has 0 aromatic heterocycles. The number of rotatable bonds is 10. The van der Waals surface area contributed by atoms with Crippen molar-refractivity contribution in [2.75, 3.05) is 26.9 Å². The fraction of sp³-hybridized carbons (Fsp3) is 0.929. The Kier molecular flexibility index (Phi) is 12.9. The van der Waals surface area contributed by atoms with Gasteiger partial charge in [0.2, 0.25) is 0 Å². The lowest BCUT2D eigenvalue weighted by Gasteiger charge is -2.64. The molecule has 18 nitrogen and oxygen atoms in total. The second kappa shape index (κ2) is 17.2. The topological polar surface area (TPSA) is 273 Å². The molecule has 18 heteroatoms. The average molecular weight is 859 g/mol. The van der Waals surface area contributed by atoms with Crippen LogP contribution in [0.4, 0.5) is 0 Å². The van der Waals surface area contributed by atoms with E-state index in [1.165, 1.54) is 7.11 Å². The lowest BCUT2D eigenvalue weighted by molar-refractivity contribution is -0.367. The average Bonchev–Trinajstić information content (AvgIpc) is 3.78. The molecule has 20 unspecified atom stereocenters. The fourth-order valence-corrected chi connectivity index (χ4v) is 13.0. The molecule has 4 aliphatic carbocycles. The highest BCUT2D eigenvalue weighted by molar-refractivity contribution is 5.85. The van der Waals surface area contributed by atoms with Gasteiger partial charge < -0.3 is 83.9 Å². The van der Waals surface area contributed by atoms with Crippen LogP contribution in [-0.4, -0.2) is 183 Å². The van der Waals surface area contributed by atoms with Crippen molar-refractivity contribution in [3.63, 3.8) is 0 Å². The standard InChI is InChI=1S/C42H66O18/c1-18-35(60-38-33(50)31(48)29(46)26(59-38)17-55-37-32(49)30(47)28(45)25(15-43)58-37)36(53-4)34(51)39(56-18)57-21-7-10-40(2)20(14-21)5-6-24-23(40)8-11-41(3)22(9-12-42(24,41)52)19-13-27(44)54-16-19/h13,18,20-26,28-39,43,45-52H,5-12,14-17H2,1-4H3/t18?,20?,21?,22?,23?,24?,25?,26?,28?,29?,30?,31?,32?,33?,34?,35?,36?,37?,38?,39?,40-,41+,42-/m0/s1. The number of fused-ring (bicyclic) bond motifs is 5. The third-order valence-corrected chi connectivity index (χ3v) is 16.5. The highest BCUT2D eigenvalue weighted by atomic mass is 16.8. The summed E-state index contributed by atoms with van der Waals surface area (Å²) in [5, 5.41) is 96.6. The Morgan fingerprint density at radius 1 is 0.733 bits per heavy atom. The van der Waals surface area contributed by atoms with E-state index < -0.39 is 111 Å². The van der Waals surface area contributed by atoms with Crippen LogP contribution in [-0.2, 0) is 42.7 Å². The molecule has 0 amide bonds. The van der Waals surface area contributed by atoms with E-state index in [0.29, 0.717) is 18.4 Å². The predicted octanol–water partition coefficient (Wildman–Crippen LogP) is -1.24. The molecule has 4 heterocycles. The molecule has 3 saturated heterocycles. The van der Waals surface area contributed by atoms with Gasteiger partial charge in [0.05, 0.1) is 31.0 Å². The molecule has 60 heavy (non-hydrogen) atoms. The maximum atomic E-state index is 12.6. The SMILES string of the molecule is COC1C(O)C(OC2CC[C@@]3(C)C(CCC4C3CC[C@]3(C)C(C5=CC(=O)OC5)CC[C@]43O)C2)OC(C)C1OC1OC(COC2OC(CO)C(O)C(O)C2O)C(O)C(O)C1O. The van der Waals surface area contributed by atoms with Gasteiger partial charge in [-0.3, -0.25) is 0 Å². The van der Waals surface area contributed by atoms with Crippen molar-refractivity contribution < 1.29 is 88.6 Å². The van der Waals surface area contributed by atoms with Gasteiger partial charge in [0.15, 0.2) is 18.9 Å². The van der Waals surface area contributed by atoms with Gasteiger partial charge in [0.1, 0.15) is 73.8 Å². The maximum Gasteiger partial charge on any atom is 0.331 e. The number of methoxy groups -OCH3 is 1. The van der Waals surface area contributed by atoms with Gasteiger partial charge in [-0.1, -0.05) is 13.8 Å². The van der Waals surface area contributed by atoms with Crippen LogP contribution in [0.5, 0.6) is 0 Å². The van der Waals surface area contributed by atoms with Crippen LogP contribution in [0.3, 0.4) is 0 Å². The molecule has 0 radical (unpaired) electrons. The molecule has 0 spiro atoms. The molecule has 7 fully saturated rings. The summed E-state index contributed by atoms with van der Waals surface area (Å²) in [4.78, 5) is 12.0. The fourth-order valence-electron chi connectivity index (χ4n) is 13.0. The van der Waals surface area contributed by atoms with E-state index >= 15 is 0 Å². The molecular weight excluding hydrogens is 792 g/mol. The van der Waals surface area contributed by atoms with E-state index in [1.807, 2.05) is 0 Å². The quantitative estimate of drug-likeness (QED) is 0.0918. The lowest BCUT2D eigenvalue weighted by atomic mass is 9.43. The van der Waals surface area contributed by atoms with Crippen molar-refractivity contribution in [3.05, 3.63) is 11.6 Å². The minimum Gasteiger partial charge on any atom is -0.458 e. The molecule has 4 saturated carbocycles. The summed E-state index contributed by atoms with van der Waals surface area (Å²) in [5.74, 6) is 0.725. The zero-order valence-electron chi connectivity index (χ0n) is 34.8. The van der Waals surface area contributed by atoms with Gasteiger partial charge in [-0.25, -0.2) is 4.79 Å². The summed E-state index contributed by atoms with van der Waals surface area (Å²) in [6.07, 6.45) is -11.9. The second-order valence-electron chi connectivity index (χ2n) is 19.4. The van der Waals surface area contributed by atoms with Gasteiger partial charge in [-0.15, -0.1) is 0 Å². The summed E-state index contributed by atoms with van der Waals surface area (Å²) < 4.78 is 46.6. The number of hydrogen-bond acceptors (Lipinski definition) is 18. The monoisotopic (exact) mass is 858 g/mol. The van der Waals surface area contributed by atoms with E-state index in [4.69, 9.17) is 37.9 Å². The van der Waals surface area contributed by atoms with E-state index in [-0.39, 0.29) is 34.7 Å². The Hall–Kier alpha value is -1.43. The van der Waals surface area contributed by atoms with Crippen molar-refractivity contribution >= 4 is 5.97 Å². The van der Waals surface area contributed by atoms with Gasteiger partial charge in [-0.05, 0) is 99.4 Å². The normalized spacial score (nSPS) is 54.4. The summed E-state index contributed by atoms with van der Waals surface area (Å²) in [6.45, 7) is 5.42. The smallest absolute Gasteiger partial charge is 0.331 e. The van der Waals surface area contributed by atoms with E-state index in [2.05, 4.69) is 13.8 Å². The van der Waals surface area contributed by atoms with E-state index in [1.54, 1.807) is 13.0 Å². The number of carbonyl (C=O) groups is 1. The third-order valence-electron chi connectivity index (χ3n) is 16.5. The summed E-state index contributed by atoms with van der Waals surface area (Å²) >= 11 is 0. The zero-order valence-corrected chi connectivity index (χ0v) is 34.8. The minimum atomic E-state index is -1.77. The lowest BCUT2D eigenvalue weighted by Crippen LogP contribution is -2.65. The highest BCUT2D eigenvalue weighted by Gasteiger charge is 2.68. The Morgan fingerprint density at radius 3 is 2.10 bits per heavy atom. The van der Waals surface area contributed by atoms with Crippen LogP contribution in [0.25, 0.3) is 0 Å². The third kappa shape index (κ3) is 7.50. The van der Waals surface area contributed by atoms with Crippen molar-refractivity contribution in [1.82, 2.24) is 0 Å². The first kappa shape index (κ1) is 45.1. The molecular formula is C42H66O18. The van der Waals surface area contributed by atoms with Crippen molar-refractivity contribution in [2.24, 2.45) is 34.5 Å². The molecule has 9 N–H and O–H groups in total. The van der Waals surface area contributed by atoms with Gasteiger partial charge in [0.25, 0.3) is 0 Å². The first-order valence-electron chi connectivity index (χ1n) is 21.8. The van der Waals surface area contributed by atoms with Crippen LogP contribution >= 0.6 is 0 Å². The number of aliphatic hydroxyl groups is 9. The predicted molar refractivity (Wildman–Crippen MR) is 203 cm³/mol. The van der Waals surface area contributed by atoms with Crippen molar-refractivity contribution in [2.45, 2.75) is 182 Å². The van der Waals surface area contributed by atoms with E-state index in [0.717, 1.165) is 63.4 Å². The minimum absolute atomic E-state index is 0.00760. The molecule has 8 aliphatic rings. The Morgan fingerprint density at radius 2 is 1.42 bits per heavy atom. The van der Waals surface area contributed by atoms with Gasteiger partial charge >= 0.3 is 5.97 Å². The Balaban J connectivity index is 0.875. The molecule has 0 aromatic rings. The zero-order chi connectivity index (χ0) is 43.1. The number of ether oxygens (including phenoxy) is 8. The maximum absolute atomic E-state index is 12.6. The largest absolute Gasteiger partial charge is 0.458 e. The Labute approximate surface area is 349 Å². The van der Waals surface area contributed by atoms with Gasteiger partial charge in [-0.2, -0.15) is 0 Å². The van der Waals surface area contributed by atoms with Crippen molar-refractivity contribution in [3.8, 4) is 0 Å². The number of hydrogen-bond donors (Lipinski definition) is 9. The van der Waals surface area contributed by atoms with E-state index in [9.17, 15) is 50.8 Å². The first-order chi connectivity index (χ1) is 28.4. The number of esters is 1. The van der Waals surface area contributed by atoms with Crippen LogP contribution in [0, 0.1) is 34.5 Å². The van der Waals surface area contributed by atoms with Crippen LogP contribution in [0.2, 0.25) is 0 Å². The molecule has 342 valence electrons. The molecule has 0 aromatic carbocycles. The molecule has 8 rings (SSSR count). The van der Waals surface area contributed by atoms with Crippen LogP contribution in [0.15, 0.2) is 11.6 Å². The number of cyclic esters (lactones) is 1. The van der Waals surface area contributed by atoms with Gasteiger partial charge in [0, 0.05) is 18.6 Å². The Bertz CT molecular complexity index is 1570. The molecule has 0 bridgehead atoms. The molecule has 4 aliphatic heterocycles. The highest BCUT2D eigenvalue weighted by Crippen LogP contribution is 2.70. The van der Waals surface area contributed by atoms with Crippen LogP contribution < -0.4 is 0 Å². The molecule has 23 atom stereocenters.